The Balaban J connectivity index is 1.32. The van der Waals surface area contributed by atoms with Crippen LogP contribution in [0.3, 0.4) is 0 Å². The molecule has 0 unspecified atom stereocenters. The molecular weight excluding hydrogens is 478 g/mol. The molecule has 1 aliphatic heterocycles. The molecule has 2 aromatic heterocycles. The Kier molecular flexibility index (Phi) is 6.53. The fourth-order valence-electron chi connectivity index (χ4n) is 4.05. The van der Waals surface area contributed by atoms with Crippen molar-refractivity contribution in [2.45, 2.75) is 6.54 Å². The Labute approximate surface area is 208 Å². The molecule has 0 aliphatic carbocycles. The first-order valence-corrected chi connectivity index (χ1v) is 13.3. The molecular formula is C26H25N5O4S. The standard InChI is InChI=1S/C26H25N5O4S/c1-2-23(32)29-20-4-3-5-21(14-20)35-24-16-28-26-25(30-24)22(15-27-26)19-8-6-18(7-9-19)17-31-10-12-36(33,34)13-11-31/h2-9,14-16H,1,10-13,17H2,(H,27,28)(H,29,32). The second-order valence-electron chi connectivity index (χ2n) is 8.56. The molecule has 184 valence electrons. The van der Waals surface area contributed by atoms with Crippen molar-refractivity contribution in [3.05, 3.63) is 79.1 Å². The highest BCUT2D eigenvalue weighted by Gasteiger charge is 2.21. The van der Waals surface area contributed by atoms with Gasteiger partial charge in [0.15, 0.2) is 15.5 Å². The number of H-pyrrole nitrogens is 1. The lowest BCUT2D eigenvalue weighted by atomic mass is 10.1. The Morgan fingerprint density at radius 2 is 1.94 bits per heavy atom. The van der Waals surface area contributed by atoms with Gasteiger partial charge in [-0.05, 0) is 29.3 Å². The van der Waals surface area contributed by atoms with Crippen LogP contribution in [0.25, 0.3) is 22.3 Å². The molecule has 1 amide bonds. The van der Waals surface area contributed by atoms with Crippen molar-refractivity contribution < 1.29 is 17.9 Å². The maximum Gasteiger partial charge on any atom is 0.247 e. The molecule has 1 aliphatic rings. The number of hydrogen-bond donors (Lipinski definition) is 2. The minimum Gasteiger partial charge on any atom is -0.437 e. The van der Waals surface area contributed by atoms with E-state index in [-0.39, 0.29) is 17.4 Å². The number of ether oxygens (including phenoxy) is 1. The number of benzene rings is 2. The van der Waals surface area contributed by atoms with Crippen molar-refractivity contribution in [1.29, 1.82) is 0 Å². The highest BCUT2D eigenvalue weighted by Crippen LogP contribution is 2.30. The van der Waals surface area contributed by atoms with Crippen LogP contribution in [0.4, 0.5) is 5.69 Å². The lowest BCUT2D eigenvalue weighted by Gasteiger charge is -2.26. The summed E-state index contributed by atoms with van der Waals surface area (Å²) in [7, 11) is -2.89. The topological polar surface area (TPSA) is 117 Å². The van der Waals surface area contributed by atoms with Crippen LogP contribution in [0.5, 0.6) is 11.6 Å². The Morgan fingerprint density at radius 1 is 1.17 bits per heavy atom. The summed E-state index contributed by atoms with van der Waals surface area (Å²) in [5.74, 6) is 0.971. The summed E-state index contributed by atoms with van der Waals surface area (Å²) in [5, 5.41) is 2.70. The van der Waals surface area contributed by atoms with Gasteiger partial charge in [-0.3, -0.25) is 9.69 Å². The van der Waals surface area contributed by atoms with E-state index in [2.05, 4.69) is 31.7 Å². The van der Waals surface area contributed by atoms with Crippen LogP contribution in [-0.2, 0) is 21.2 Å². The van der Waals surface area contributed by atoms with Gasteiger partial charge < -0.3 is 15.0 Å². The van der Waals surface area contributed by atoms with E-state index in [0.29, 0.717) is 48.1 Å². The van der Waals surface area contributed by atoms with Crippen LogP contribution in [0, 0.1) is 0 Å². The summed E-state index contributed by atoms with van der Waals surface area (Å²) in [6, 6.07) is 15.1. The molecule has 5 rings (SSSR count). The number of nitrogens with zero attached hydrogens (tertiary/aromatic N) is 3. The molecule has 0 atom stereocenters. The average Bonchev–Trinajstić information content (AvgIpc) is 3.29. The molecule has 2 aromatic carbocycles. The molecule has 0 saturated carbocycles. The number of nitrogens with one attached hydrogen (secondary N) is 2. The van der Waals surface area contributed by atoms with Gasteiger partial charge in [0.05, 0.1) is 17.7 Å². The molecule has 0 spiro atoms. The molecule has 10 heteroatoms. The lowest BCUT2D eigenvalue weighted by Crippen LogP contribution is -2.39. The largest absolute Gasteiger partial charge is 0.437 e. The summed E-state index contributed by atoms with van der Waals surface area (Å²) >= 11 is 0. The quantitative estimate of drug-likeness (QED) is 0.369. The molecule has 1 fully saturated rings. The van der Waals surface area contributed by atoms with E-state index in [4.69, 9.17) is 4.74 Å². The van der Waals surface area contributed by atoms with Gasteiger partial charge in [0.1, 0.15) is 11.3 Å². The van der Waals surface area contributed by atoms with Crippen LogP contribution < -0.4 is 10.1 Å². The van der Waals surface area contributed by atoms with Crippen LogP contribution >= 0.6 is 0 Å². The van der Waals surface area contributed by atoms with Gasteiger partial charge in [-0.15, -0.1) is 0 Å². The van der Waals surface area contributed by atoms with Crippen molar-refractivity contribution in [3.8, 4) is 22.8 Å². The third-order valence-electron chi connectivity index (χ3n) is 5.98. The minimum absolute atomic E-state index is 0.219. The normalized spacial score (nSPS) is 15.4. The third kappa shape index (κ3) is 5.45. The molecule has 4 aromatic rings. The number of aromatic amines is 1. The summed E-state index contributed by atoms with van der Waals surface area (Å²) in [6.07, 6.45) is 4.61. The van der Waals surface area contributed by atoms with Gasteiger partial charge in [0.25, 0.3) is 0 Å². The highest BCUT2D eigenvalue weighted by molar-refractivity contribution is 7.91. The number of rotatable bonds is 7. The van der Waals surface area contributed by atoms with Crippen LogP contribution in [-0.4, -0.2) is 58.8 Å². The average molecular weight is 504 g/mol. The maximum absolute atomic E-state index is 11.7. The number of anilines is 1. The number of carbonyl (C=O) groups excluding carboxylic acids is 1. The predicted molar refractivity (Wildman–Crippen MR) is 139 cm³/mol. The summed E-state index contributed by atoms with van der Waals surface area (Å²) in [6.45, 7) is 5.30. The monoisotopic (exact) mass is 503 g/mol. The molecule has 0 radical (unpaired) electrons. The Hall–Kier alpha value is -4.02. The third-order valence-corrected chi connectivity index (χ3v) is 7.59. The molecule has 2 N–H and O–H groups in total. The Morgan fingerprint density at radius 3 is 2.69 bits per heavy atom. The van der Waals surface area contributed by atoms with Crippen LogP contribution in [0.2, 0.25) is 0 Å². The summed E-state index contributed by atoms with van der Waals surface area (Å²) in [5.41, 5.74) is 4.90. The maximum atomic E-state index is 11.7. The highest BCUT2D eigenvalue weighted by atomic mass is 32.2. The molecule has 36 heavy (non-hydrogen) atoms. The second-order valence-corrected chi connectivity index (χ2v) is 10.9. The van der Waals surface area contributed by atoms with E-state index in [1.54, 1.807) is 30.5 Å². The van der Waals surface area contributed by atoms with Gasteiger partial charge >= 0.3 is 0 Å². The van der Waals surface area contributed by atoms with E-state index in [1.165, 1.54) is 6.08 Å². The number of aromatic nitrogens is 3. The number of amides is 1. The van der Waals surface area contributed by atoms with Crippen LogP contribution in [0.1, 0.15) is 5.56 Å². The first kappa shape index (κ1) is 23.7. The van der Waals surface area contributed by atoms with E-state index < -0.39 is 9.84 Å². The van der Waals surface area contributed by atoms with Gasteiger partial charge in [-0.1, -0.05) is 36.9 Å². The SMILES string of the molecule is C=CC(=O)Nc1cccc(Oc2cnc3[nH]cc(-c4ccc(CN5CCS(=O)(=O)CC5)cc4)c3n2)c1. The second kappa shape index (κ2) is 9.92. The molecule has 3 heterocycles. The smallest absolute Gasteiger partial charge is 0.247 e. The first-order chi connectivity index (χ1) is 17.4. The molecule has 1 saturated heterocycles. The van der Waals surface area contributed by atoms with E-state index in [0.717, 1.165) is 16.7 Å². The zero-order chi connectivity index (χ0) is 25.1. The lowest BCUT2D eigenvalue weighted by molar-refractivity contribution is -0.111. The van der Waals surface area contributed by atoms with Crippen molar-refractivity contribution in [3.63, 3.8) is 0 Å². The predicted octanol–water partition coefficient (Wildman–Crippen LogP) is 3.77. The van der Waals surface area contributed by atoms with Crippen LogP contribution in [0.15, 0.2) is 73.6 Å². The first-order valence-electron chi connectivity index (χ1n) is 11.5. The van der Waals surface area contributed by atoms with Gasteiger partial charge in [0.2, 0.25) is 11.8 Å². The van der Waals surface area contributed by atoms with Gasteiger partial charge in [0, 0.05) is 43.1 Å². The number of carbonyl (C=O) groups is 1. The number of fused-ring (bicyclic) bond motifs is 1. The number of hydrogen-bond acceptors (Lipinski definition) is 7. The van der Waals surface area contributed by atoms with E-state index >= 15 is 0 Å². The molecule has 9 nitrogen and oxygen atoms in total. The van der Waals surface area contributed by atoms with E-state index in [1.807, 2.05) is 30.5 Å². The minimum atomic E-state index is -2.89. The summed E-state index contributed by atoms with van der Waals surface area (Å²) < 4.78 is 29.2. The van der Waals surface area contributed by atoms with Crippen molar-refractivity contribution in [1.82, 2.24) is 19.9 Å². The Bertz CT molecular complexity index is 1520. The fourth-order valence-corrected chi connectivity index (χ4v) is 5.33. The van der Waals surface area contributed by atoms with Crippen molar-refractivity contribution in [2.75, 3.05) is 29.9 Å². The zero-order valence-corrected chi connectivity index (χ0v) is 20.3. The summed E-state index contributed by atoms with van der Waals surface area (Å²) in [4.78, 5) is 26.0. The van der Waals surface area contributed by atoms with E-state index in [9.17, 15) is 13.2 Å². The van der Waals surface area contributed by atoms with Crippen molar-refractivity contribution in [2.24, 2.45) is 0 Å². The fraction of sp³-hybridized carbons (Fsp3) is 0.192. The van der Waals surface area contributed by atoms with Gasteiger partial charge in [-0.2, -0.15) is 0 Å². The molecule has 0 bridgehead atoms. The van der Waals surface area contributed by atoms with Crippen molar-refractivity contribution >= 4 is 32.6 Å². The zero-order valence-electron chi connectivity index (χ0n) is 19.5. The van der Waals surface area contributed by atoms with Gasteiger partial charge in [-0.25, -0.2) is 18.4 Å². The number of sulfone groups is 1.